The molecular formula is C12H13N3O3. The molecule has 0 bridgehead atoms. The Labute approximate surface area is 104 Å². The predicted molar refractivity (Wildman–Crippen MR) is 66.2 cm³/mol. The number of amides is 1. The molecule has 1 heterocycles. The second-order valence-electron chi connectivity index (χ2n) is 3.47. The Morgan fingerprint density at radius 3 is 2.61 bits per heavy atom. The molecule has 6 heteroatoms. The number of carbonyl (C=O) groups is 2. The molecule has 0 radical (unpaired) electrons. The second kappa shape index (κ2) is 6.29. The summed E-state index contributed by atoms with van der Waals surface area (Å²) in [5, 5.41) is 12.8. The van der Waals surface area contributed by atoms with Gasteiger partial charge in [-0.25, -0.2) is 5.43 Å². The highest BCUT2D eigenvalue weighted by Gasteiger charge is 2.06. The van der Waals surface area contributed by atoms with Crippen LogP contribution < -0.4 is 5.43 Å². The zero-order valence-electron chi connectivity index (χ0n) is 10.0. The molecule has 1 aromatic heterocycles. The van der Waals surface area contributed by atoms with Crippen molar-refractivity contribution in [2.24, 2.45) is 5.10 Å². The lowest BCUT2D eigenvalue weighted by Crippen LogP contribution is -2.19. The lowest BCUT2D eigenvalue weighted by atomic mass is 10.2. The van der Waals surface area contributed by atoms with Gasteiger partial charge in [0.15, 0.2) is 5.78 Å². The minimum atomic E-state index is -0.495. The minimum Gasteiger partial charge on any atom is -0.512 e. The van der Waals surface area contributed by atoms with Gasteiger partial charge in [0.25, 0.3) is 5.91 Å². The third-order valence-electron chi connectivity index (χ3n) is 2.03. The van der Waals surface area contributed by atoms with Crippen LogP contribution in [0.25, 0.3) is 0 Å². The number of ketones is 1. The van der Waals surface area contributed by atoms with Crippen LogP contribution in [0.3, 0.4) is 0 Å². The normalized spacial score (nSPS) is 12.1. The number of aliphatic hydroxyl groups excluding tert-OH is 1. The monoisotopic (exact) mass is 247 g/mol. The van der Waals surface area contributed by atoms with E-state index in [0.717, 1.165) is 6.21 Å². The molecule has 94 valence electrons. The summed E-state index contributed by atoms with van der Waals surface area (Å²) in [5.41, 5.74) is 2.46. The zero-order chi connectivity index (χ0) is 13.5. The number of rotatable bonds is 4. The first-order valence-electron chi connectivity index (χ1n) is 5.17. The maximum Gasteiger partial charge on any atom is 0.289 e. The SMILES string of the molecule is CC(=O)C(C=NNC(=O)c1ccccn1)=C(C)O. The summed E-state index contributed by atoms with van der Waals surface area (Å²) in [6.07, 6.45) is 2.58. The number of aromatic nitrogens is 1. The van der Waals surface area contributed by atoms with E-state index < -0.39 is 5.91 Å². The molecule has 2 N–H and O–H groups in total. The molecule has 0 fully saturated rings. The van der Waals surface area contributed by atoms with Gasteiger partial charge in [0.05, 0.1) is 11.8 Å². The Bertz CT molecular complexity index is 503. The Balaban J connectivity index is 2.69. The molecule has 18 heavy (non-hydrogen) atoms. The quantitative estimate of drug-likeness (QED) is 0.362. The highest BCUT2D eigenvalue weighted by atomic mass is 16.3. The molecule has 0 aliphatic rings. The summed E-state index contributed by atoms with van der Waals surface area (Å²) >= 11 is 0. The summed E-state index contributed by atoms with van der Waals surface area (Å²) in [4.78, 5) is 26.4. The summed E-state index contributed by atoms with van der Waals surface area (Å²) in [7, 11) is 0. The van der Waals surface area contributed by atoms with Gasteiger partial charge < -0.3 is 5.11 Å². The number of Topliss-reactive ketones (excluding diaryl/α,β-unsaturated/α-hetero) is 1. The van der Waals surface area contributed by atoms with Crippen molar-refractivity contribution in [2.45, 2.75) is 13.8 Å². The zero-order valence-corrected chi connectivity index (χ0v) is 10.0. The van der Waals surface area contributed by atoms with Gasteiger partial charge in [-0.05, 0) is 26.0 Å². The molecule has 6 nitrogen and oxygen atoms in total. The number of pyridine rings is 1. The van der Waals surface area contributed by atoms with Gasteiger partial charge in [-0.15, -0.1) is 0 Å². The third kappa shape index (κ3) is 3.82. The van der Waals surface area contributed by atoms with Gasteiger partial charge in [0, 0.05) is 6.20 Å². The Hall–Kier alpha value is -2.50. The van der Waals surface area contributed by atoms with Crippen LogP contribution in [0.5, 0.6) is 0 Å². The van der Waals surface area contributed by atoms with Gasteiger partial charge in [0.2, 0.25) is 0 Å². The molecule has 1 amide bonds. The van der Waals surface area contributed by atoms with E-state index in [1.807, 2.05) is 0 Å². The lowest BCUT2D eigenvalue weighted by Gasteiger charge is -1.99. The smallest absolute Gasteiger partial charge is 0.289 e. The Morgan fingerprint density at radius 1 is 1.39 bits per heavy atom. The van der Waals surface area contributed by atoms with Gasteiger partial charge in [-0.3, -0.25) is 14.6 Å². The van der Waals surface area contributed by atoms with E-state index in [4.69, 9.17) is 0 Å². The first-order valence-corrected chi connectivity index (χ1v) is 5.17. The minimum absolute atomic E-state index is 0.0383. The van der Waals surface area contributed by atoms with Gasteiger partial charge in [-0.2, -0.15) is 5.10 Å². The van der Waals surface area contributed by atoms with Crippen molar-refractivity contribution in [3.63, 3.8) is 0 Å². The average Bonchev–Trinajstić information content (AvgIpc) is 2.34. The van der Waals surface area contributed by atoms with Gasteiger partial charge >= 0.3 is 0 Å². The van der Waals surface area contributed by atoms with Crippen LogP contribution >= 0.6 is 0 Å². The van der Waals surface area contributed by atoms with E-state index in [2.05, 4.69) is 15.5 Å². The first-order chi connectivity index (χ1) is 8.52. The molecule has 1 rings (SSSR count). The third-order valence-corrected chi connectivity index (χ3v) is 2.03. The van der Waals surface area contributed by atoms with Crippen molar-refractivity contribution in [2.75, 3.05) is 0 Å². The van der Waals surface area contributed by atoms with Crippen LogP contribution in [0.4, 0.5) is 0 Å². The fraction of sp³-hybridized carbons (Fsp3) is 0.167. The number of hydrogen-bond donors (Lipinski definition) is 2. The molecule has 0 atom stereocenters. The van der Waals surface area contributed by atoms with E-state index >= 15 is 0 Å². The number of carbonyl (C=O) groups excluding carboxylic acids is 2. The highest BCUT2D eigenvalue weighted by molar-refractivity contribution is 6.12. The molecule has 0 saturated carbocycles. The lowest BCUT2D eigenvalue weighted by molar-refractivity contribution is -0.113. The first kappa shape index (κ1) is 13.6. The van der Waals surface area contributed by atoms with Crippen molar-refractivity contribution in [3.05, 3.63) is 41.4 Å². The number of hydrazone groups is 1. The van der Waals surface area contributed by atoms with E-state index in [1.165, 1.54) is 26.1 Å². The summed E-state index contributed by atoms with van der Waals surface area (Å²) in [5.74, 6) is -0.991. The molecule has 0 aliphatic carbocycles. The maximum atomic E-state index is 11.5. The molecule has 0 aliphatic heterocycles. The largest absolute Gasteiger partial charge is 0.512 e. The van der Waals surface area contributed by atoms with Crippen molar-refractivity contribution in [1.82, 2.24) is 10.4 Å². The van der Waals surface area contributed by atoms with Crippen LogP contribution in [0, 0.1) is 0 Å². The van der Waals surface area contributed by atoms with E-state index in [9.17, 15) is 14.7 Å². The van der Waals surface area contributed by atoms with E-state index in [-0.39, 0.29) is 22.8 Å². The van der Waals surface area contributed by atoms with Crippen molar-refractivity contribution >= 4 is 17.9 Å². The summed E-state index contributed by atoms with van der Waals surface area (Å²) in [6.45, 7) is 2.66. The van der Waals surface area contributed by atoms with Crippen LogP contribution in [0.15, 0.2) is 40.8 Å². The van der Waals surface area contributed by atoms with Crippen molar-refractivity contribution < 1.29 is 14.7 Å². The number of nitrogens with one attached hydrogen (secondary N) is 1. The fourth-order valence-electron chi connectivity index (χ4n) is 1.15. The van der Waals surface area contributed by atoms with Crippen LogP contribution in [-0.4, -0.2) is 28.0 Å². The summed E-state index contributed by atoms with van der Waals surface area (Å²) in [6, 6.07) is 4.89. The molecule has 0 aromatic carbocycles. The number of hydrogen-bond acceptors (Lipinski definition) is 5. The van der Waals surface area contributed by atoms with Gasteiger partial charge in [0.1, 0.15) is 11.5 Å². The van der Waals surface area contributed by atoms with E-state index in [1.54, 1.807) is 12.1 Å². The summed E-state index contributed by atoms with van der Waals surface area (Å²) < 4.78 is 0. The number of allylic oxidation sites excluding steroid dienone is 2. The Morgan fingerprint density at radius 2 is 2.11 bits per heavy atom. The maximum absolute atomic E-state index is 11.5. The number of aliphatic hydroxyl groups is 1. The van der Waals surface area contributed by atoms with Gasteiger partial charge in [-0.1, -0.05) is 6.07 Å². The standard InChI is InChI=1S/C12H13N3O3/c1-8(16)10(9(2)17)7-14-15-12(18)11-5-3-4-6-13-11/h3-7,16H,1-2H3,(H,15,18). The van der Waals surface area contributed by atoms with Crippen LogP contribution in [0.1, 0.15) is 24.3 Å². The molecular weight excluding hydrogens is 234 g/mol. The number of nitrogens with zero attached hydrogens (tertiary/aromatic N) is 2. The van der Waals surface area contributed by atoms with Crippen molar-refractivity contribution in [1.29, 1.82) is 0 Å². The molecule has 0 unspecified atom stereocenters. The van der Waals surface area contributed by atoms with Crippen LogP contribution in [-0.2, 0) is 4.79 Å². The topological polar surface area (TPSA) is 91.7 Å². The molecule has 1 aromatic rings. The molecule has 0 saturated heterocycles. The molecule has 0 spiro atoms. The van der Waals surface area contributed by atoms with Crippen LogP contribution in [0.2, 0.25) is 0 Å². The average molecular weight is 247 g/mol. The highest BCUT2D eigenvalue weighted by Crippen LogP contribution is 1.99. The second-order valence-corrected chi connectivity index (χ2v) is 3.47. The van der Waals surface area contributed by atoms with E-state index in [0.29, 0.717) is 0 Å². The Kier molecular flexibility index (Phi) is 4.74. The predicted octanol–water partition coefficient (Wildman–Crippen LogP) is 1.22. The van der Waals surface area contributed by atoms with Crippen molar-refractivity contribution in [3.8, 4) is 0 Å². The fourth-order valence-corrected chi connectivity index (χ4v) is 1.15.